The number of aromatic nitrogens is 3. The summed E-state index contributed by atoms with van der Waals surface area (Å²) in [5, 5.41) is 0. The fraction of sp³-hybridized carbons (Fsp3) is 0.167. The second-order valence-corrected chi connectivity index (χ2v) is 4.61. The van der Waals surface area contributed by atoms with Crippen LogP contribution in [0.15, 0.2) is 76.3 Å². The zero-order chi connectivity index (χ0) is 17.9. The van der Waals surface area contributed by atoms with E-state index in [0.29, 0.717) is 37.5 Å². The van der Waals surface area contributed by atoms with E-state index in [0.717, 1.165) is 0 Å². The van der Waals surface area contributed by atoms with E-state index in [2.05, 4.69) is 54.4 Å². The summed E-state index contributed by atoms with van der Waals surface area (Å²) in [6.45, 7) is 24.2. The predicted molar refractivity (Wildman–Crippen MR) is 103 cm³/mol. The van der Waals surface area contributed by atoms with Crippen molar-refractivity contribution >= 4 is 17.8 Å². The maximum atomic E-state index is 4.49. The minimum atomic E-state index is 0.455. The quantitative estimate of drug-likeness (QED) is 0.550. The van der Waals surface area contributed by atoms with Crippen LogP contribution in [0.1, 0.15) is 0 Å². The van der Waals surface area contributed by atoms with Crippen molar-refractivity contribution in [3.8, 4) is 0 Å². The smallest absolute Gasteiger partial charge is 0.236 e. The molecular formula is C18H24N6. The maximum absolute atomic E-state index is 4.49. The third kappa shape index (κ3) is 4.67. The molecule has 0 aromatic carbocycles. The Balaban J connectivity index is 3.46. The van der Waals surface area contributed by atoms with Crippen molar-refractivity contribution in [1.82, 2.24) is 15.0 Å². The van der Waals surface area contributed by atoms with Crippen molar-refractivity contribution in [1.29, 1.82) is 0 Å². The van der Waals surface area contributed by atoms with Gasteiger partial charge in [0, 0.05) is 38.2 Å². The Morgan fingerprint density at radius 2 is 0.792 bits per heavy atom. The highest BCUT2D eigenvalue weighted by molar-refractivity contribution is 5.50. The molecule has 0 unspecified atom stereocenters. The Labute approximate surface area is 144 Å². The standard InChI is InChI=1S/C18H24N6/c1-7-13-22(10-4)16-19-17(23(11-5)14-8-2)21-18(20-16)24(12-6)15-9-3/h7-12H,1-6,13-15H2. The molecule has 6 heteroatoms. The van der Waals surface area contributed by atoms with Gasteiger partial charge in [-0.25, -0.2) is 0 Å². The number of rotatable bonds is 12. The minimum Gasteiger partial charge on any atom is -0.314 e. The Morgan fingerprint density at radius 1 is 0.542 bits per heavy atom. The molecule has 0 atom stereocenters. The molecule has 126 valence electrons. The summed E-state index contributed by atoms with van der Waals surface area (Å²) in [5.41, 5.74) is 0. The molecule has 0 N–H and O–H groups in total. The lowest BCUT2D eigenvalue weighted by molar-refractivity contribution is 0.879. The van der Waals surface area contributed by atoms with Crippen LogP contribution in [0.3, 0.4) is 0 Å². The summed E-state index contributed by atoms with van der Waals surface area (Å²) in [5.74, 6) is 1.37. The van der Waals surface area contributed by atoms with Gasteiger partial charge in [-0.3, -0.25) is 0 Å². The molecule has 0 radical (unpaired) electrons. The van der Waals surface area contributed by atoms with Gasteiger partial charge in [-0.15, -0.1) is 19.7 Å². The van der Waals surface area contributed by atoms with Gasteiger partial charge in [0.2, 0.25) is 17.8 Å². The van der Waals surface area contributed by atoms with Gasteiger partial charge in [-0.2, -0.15) is 15.0 Å². The van der Waals surface area contributed by atoms with E-state index in [1.165, 1.54) is 0 Å². The Morgan fingerprint density at radius 3 is 0.958 bits per heavy atom. The van der Waals surface area contributed by atoms with Crippen molar-refractivity contribution in [2.24, 2.45) is 0 Å². The van der Waals surface area contributed by atoms with Crippen LogP contribution in [-0.4, -0.2) is 34.6 Å². The molecular weight excluding hydrogens is 300 g/mol. The lowest BCUT2D eigenvalue weighted by Gasteiger charge is -2.23. The summed E-state index contributed by atoms with van der Waals surface area (Å²) in [6.07, 6.45) is 10.2. The molecule has 1 rings (SSSR count). The van der Waals surface area contributed by atoms with Crippen molar-refractivity contribution in [2.45, 2.75) is 0 Å². The third-order valence-electron chi connectivity index (χ3n) is 3.01. The zero-order valence-electron chi connectivity index (χ0n) is 14.0. The summed E-state index contributed by atoms with van der Waals surface area (Å²) >= 11 is 0. The predicted octanol–water partition coefficient (Wildman–Crippen LogP) is 3.28. The first-order valence-corrected chi connectivity index (χ1v) is 7.41. The highest BCUT2D eigenvalue weighted by atomic mass is 15.4. The minimum absolute atomic E-state index is 0.455. The van der Waals surface area contributed by atoms with Crippen LogP contribution < -0.4 is 14.7 Å². The maximum Gasteiger partial charge on any atom is 0.236 e. The number of anilines is 3. The van der Waals surface area contributed by atoms with Gasteiger partial charge in [-0.05, 0) is 0 Å². The zero-order valence-corrected chi connectivity index (χ0v) is 14.0. The van der Waals surface area contributed by atoms with Crippen LogP contribution in [0, 0.1) is 0 Å². The largest absolute Gasteiger partial charge is 0.314 e. The fourth-order valence-electron chi connectivity index (χ4n) is 1.86. The fourth-order valence-corrected chi connectivity index (χ4v) is 1.86. The number of hydrogen-bond donors (Lipinski definition) is 0. The number of nitrogens with zero attached hydrogens (tertiary/aromatic N) is 6. The van der Waals surface area contributed by atoms with Crippen molar-refractivity contribution in [2.75, 3.05) is 34.3 Å². The molecule has 24 heavy (non-hydrogen) atoms. The average molecular weight is 324 g/mol. The van der Waals surface area contributed by atoms with Gasteiger partial charge in [0.25, 0.3) is 0 Å². The monoisotopic (exact) mass is 324 g/mol. The van der Waals surface area contributed by atoms with Gasteiger partial charge in [0.15, 0.2) is 0 Å². The molecule has 6 nitrogen and oxygen atoms in total. The van der Waals surface area contributed by atoms with Crippen LogP contribution in [-0.2, 0) is 0 Å². The van der Waals surface area contributed by atoms with Crippen molar-refractivity contribution in [3.05, 3.63) is 76.3 Å². The van der Waals surface area contributed by atoms with Gasteiger partial charge in [0.1, 0.15) is 0 Å². The van der Waals surface area contributed by atoms with E-state index in [1.54, 1.807) is 51.5 Å². The molecule has 1 heterocycles. The lowest BCUT2D eigenvalue weighted by Crippen LogP contribution is -2.26. The highest BCUT2D eigenvalue weighted by Gasteiger charge is 2.16. The number of hydrogen-bond acceptors (Lipinski definition) is 6. The molecule has 1 aromatic rings. The van der Waals surface area contributed by atoms with E-state index in [-0.39, 0.29) is 0 Å². The molecule has 0 aliphatic rings. The van der Waals surface area contributed by atoms with Crippen LogP contribution in [0.25, 0.3) is 0 Å². The van der Waals surface area contributed by atoms with E-state index >= 15 is 0 Å². The van der Waals surface area contributed by atoms with Crippen LogP contribution in [0.4, 0.5) is 17.8 Å². The van der Waals surface area contributed by atoms with Crippen molar-refractivity contribution in [3.63, 3.8) is 0 Å². The van der Waals surface area contributed by atoms with Gasteiger partial charge in [-0.1, -0.05) is 38.0 Å². The Hall–Kier alpha value is -3.15. The van der Waals surface area contributed by atoms with Gasteiger partial charge < -0.3 is 14.7 Å². The summed E-state index contributed by atoms with van der Waals surface area (Å²) in [4.78, 5) is 18.8. The second-order valence-electron chi connectivity index (χ2n) is 4.61. The van der Waals surface area contributed by atoms with E-state index in [4.69, 9.17) is 0 Å². The first-order chi connectivity index (χ1) is 11.6. The van der Waals surface area contributed by atoms with Crippen LogP contribution in [0.5, 0.6) is 0 Å². The summed E-state index contributed by atoms with van der Waals surface area (Å²) < 4.78 is 0. The molecule has 0 saturated carbocycles. The molecule has 0 spiro atoms. The first kappa shape index (κ1) is 18.9. The normalized spacial score (nSPS) is 9.50. The van der Waals surface area contributed by atoms with Crippen LogP contribution >= 0.6 is 0 Å². The first-order valence-electron chi connectivity index (χ1n) is 7.41. The van der Waals surface area contributed by atoms with E-state index < -0.39 is 0 Å². The third-order valence-corrected chi connectivity index (χ3v) is 3.01. The lowest BCUT2D eigenvalue weighted by atomic mass is 10.5. The van der Waals surface area contributed by atoms with E-state index in [1.807, 2.05) is 0 Å². The summed E-state index contributed by atoms with van der Waals surface area (Å²) in [6, 6.07) is 0. The highest BCUT2D eigenvalue weighted by Crippen LogP contribution is 2.20. The molecule has 0 saturated heterocycles. The molecule has 0 amide bonds. The average Bonchev–Trinajstić information content (AvgIpc) is 2.61. The van der Waals surface area contributed by atoms with Gasteiger partial charge >= 0.3 is 0 Å². The Kier molecular flexibility index (Phi) is 7.70. The van der Waals surface area contributed by atoms with Crippen LogP contribution in [0.2, 0.25) is 0 Å². The molecule has 0 aliphatic carbocycles. The molecule has 0 fully saturated rings. The molecule has 0 bridgehead atoms. The van der Waals surface area contributed by atoms with Gasteiger partial charge in [0.05, 0.1) is 0 Å². The van der Waals surface area contributed by atoms with Crippen molar-refractivity contribution < 1.29 is 0 Å². The summed E-state index contributed by atoms with van der Waals surface area (Å²) in [7, 11) is 0. The SMILES string of the molecule is C=CCN(C=C)c1nc(N(C=C)CC=C)nc(N(C=C)CC=C)n1. The topological polar surface area (TPSA) is 48.4 Å². The molecule has 0 aliphatic heterocycles. The Bertz CT molecular complexity index is 524. The second kappa shape index (κ2) is 9.78. The molecule has 1 aromatic heterocycles. The van der Waals surface area contributed by atoms with E-state index in [9.17, 15) is 0 Å².